The summed E-state index contributed by atoms with van der Waals surface area (Å²) in [7, 11) is 0. The van der Waals surface area contributed by atoms with Gasteiger partial charge in [-0.05, 0) is 23.3 Å². The summed E-state index contributed by atoms with van der Waals surface area (Å²) in [5, 5.41) is 11.8. The van der Waals surface area contributed by atoms with Gasteiger partial charge in [0.15, 0.2) is 4.96 Å². The van der Waals surface area contributed by atoms with Gasteiger partial charge in [-0.25, -0.2) is 9.78 Å². The van der Waals surface area contributed by atoms with Crippen LogP contribution in [0, 0.1) is 0 Å². The van der Waals surface area contributed by atoms with E-state index < -0.39 is 5.97 Å². The number of thiazole rings is 1. The Labute approximate surface area is 143 Å². The minimum Gasteiger partial charge on any atom is -0.477 e. The zero-order chi connectivity index (χ0) is 16.7. The molecule has 0 bridgehead atoms. The van der Waals surface area contributed by atoms with Crippen LogP contribution in [0.2, 0.25) is 0 Å². The van der Waals surface area contributed by atoms with Crippen LogP contribution in [0.15, 0.2) is 48.7 Å². The third-order valence-electron chi connectivity index (χ3n) is 4.15. The molecule has 24 heavy (non-hydrogen) atoms. The molecule has 0 amide bonds. The Bertz CT molecular complexity index is 1060. The maximum absolute atomic E-state index is 11.4. The van der Waals surface area contributed by atoms with Crippen molar-refractivity contribution < 1.29 is 9.90 Å². The van der Waals surface area contributed by atoms with Gasteiger partial charge in [0.25, 0.3) is 0 Å². The first kappa shape index (κ1) is 14.9. The molecule has 2 heterocycles. The van der Waals surface area contributed by atoms with Gasteiger partial charge < -0.3 is 5.11 Å². The standard InChI is InChI=1S/C19H16N2O2S/c1-2-5-16-17(18(22)23)24-19-20-15(11-21(16)19)14-9-8-12-6-3-4-7-13(12)10-14/h3-4,6-11H,2,5H2,1H3,(H,22,23). The van der Waals surface area contributed by atoms with Crippen LogP contribution in [0.25, 0.3) is 27.0 Å². The summed E-state index contributed by atoms with van der Waals surface area (Å²) in [5.74, 6) is -0.874. The van der Waals surface area contributed by atoms with Crippen LogP contribution >= 0.6 is 11.3 Å². The first-order valence-electron chi connectivity index (χ1n) is 7.90. The van der Waals surface area contributed by atoms with Crippen molar-refractivity contribution in [3.8, 4) is 11.3 Å². The van der Waals surface area contributed by atoms with Crippen LogP contribution in [0.4, 0.5) is 0 Å². The van der Waals surface area contributed by atoms with Crippen LogP contribution in [-0.2, 0) is 6.42 Å². The lowest BCUT2D eigenvalue weighted by Crippen LogP contribution is -2.00. The molecule has 2 aromatic heterocycles. The number of aromatic carboxylic acids is 1. The second-order valence-corrected chi connectivity index (χ2v) is 6.75. The number of carbonyl (C=O) groups is 1. The number of carboxylic acids is 1. The van der Waals surface area contributed by atoms with E-state index in [0.717, 1.165) is 34.8 Å². The first-order valence-corrected chi connectivity index (χ1v) is 8.72. The summed E-state index contributed by atoms with van der Waals surface area (Å²) in [5.41, 5.74) is 2.76. The van der Waals surface area contributed by atoms with Crippen LogP contribution in [0.5, 0.6) is 0 Å². The lowest BCUT2D eigenvalue weighted by molar-refractivity contribution is 0.0700. The highest BCUT2D eigenvalue weighted by Crippen LogP contribution is 2.29. The van der Waals surface area contributed by atoms with Crippen LogP contribution in [0.1, 0.15) is 28.7 Å². The molecule has 0 atom stereocenters. The SMILES string of the molecule is CCCc1c(C(=O)O)sc2nc(-c3ccc4ccccc4c3)cn12. The maximum Gasteiger partial charge on any atom is 0.347 e. The Morgan fingerprint density at radius 3 is 2.75 bits per heavy atom. The summed E-state index contributed by atoms with van der Waals surface area (Å²) in [6.45, 7) is 2.05. The lowest BCUT2D eigenvalue weighted by Gasteiger charge is -2.01. The van der Waals surface area contributed by atoms with Gasteiger partial charge in [0.2, 0.25) is 0 Å². The molecule has 120 valence electrons. The molecular weight excluding hydrogens is 320 g/mol. The van der Waals surface area contributed by atoms with Crippen molar-refractivity contribution in [3.05, 3.63) is 59.2 Å². The maximum atomic E-state index is 11.4. The molecule has 0 aliphatic carbocycles. The molecule has 2 aromatic carbocycles. The van der Waals surface area contributed by atoms with Crippen molar-refractivity contribution in [2.45, 2.75) is 19.8 Å². The van der Waals surface area contributed by atoms with Gasteiger partial charge in [-0.1, -0.05) is 61.1 Å². The molecule has 5 heteroatoms. The first-order chi connectivity index (χ1) is 11.7. The minimum atomic E-state index is -0.874. The highest BCUT2D eigenvalue weighted by Gasteiger charge is 2.19. The van der Waals surface area contributed by atoms with Gasteiger partial charge in [0.1, 0.15) is 4.88 Å². The quantitative estimate of drug-likeness (QED) is 0.578. The van der Waals surface area contributed by atoms with Gasteiger partial charge in [-0.2, -0.15) is 0 Å². The summed E-state index contributed by atoms with van der Waals surface area (Å²) in [6, 6.07) is 14.5. The number of rotatable bonds is 4. The third kappa shape index (κ3) is 2.37. The number of hydrogen-bond donors (Lipinski definition) is 1. The lowest BCUT2D eigenvalue weighted by atomic mass is 10.1. The number of imidazole rings is 1. The van der Waals surface area contributed by atoms with Gasteiger partial charge in [-0.15, -0.1) is 0 Å². The van der Waals surface area contributed by atoms with Gasteiger partial charge in [0.05, 0.1) is 5.69 Å². The molecule has 0 radical (unpaired) electrons. The summed E-state index contributed by atoms with van der Waals surface area (Å²) >= 11 is 1.24. The predicted molar refractivity (Wildman–Crippen MR) is 97.0 cm³/mol. The summed E-state index contributed by atoms with van der Waals surface area (Å²) in [4.78, 5) is 17.2. The Morgan fingerprint density at radius 2 is 2.00 bits per heavy atom. The predicted octanol–water partition coefficient (Wildman–Crippen LogP) is 4.87. The molecule has 0 aliphatic rings. The smallest absolute Gasteiger partial charge is 0.347 e. The zero-order valence-corrected chi connectivity index (χ0v) is 14.0. The Kier molecular flexibility index (Phi) is 3.58. The Morgan fingerprint density at radius 1 is 1.21 bits per heavy atom. The second kappa shape index (κ2) is 5.76. The van der Waals surface area contributed by atoms with Crippen LogP contribution in [-0.4, -0.2) is 20.5 Å². The van der Waals surface area contributed by atoms with Crippen LogP contribution in [0.3, 0.4) is 0 Å². The van der Waals surface area contributed by atoms with Crippen molar-refractivity contribution in [2.75, 3.05) is 0 Å². The molecule has 4 nitrogen and oxygen atoms in total. The third-order valence-corrected chi connectivity index (χ3v) is 5.23. The van der Waals surface area contributed by atoms with Crippen molar-refractivity contribution >= 4 is 33.0 Å². The Hall–Kier alpha value is -2.66. The number of nitrogens with zero attached hydrogens (tertiary/aromatic N) is 2. The largest absolute Gasteiger partial charge is 0.477 e. The van der Waals surface area contributed by atoms with Gasteiger partial charge in [0, 0.05) is 17.5 Å². The highest BCUT2D eigenvalue weighted by molar-refractivity contribution is 7.19. The van der Waals surface area contributed by atoms with E-state index in [9.17, 15) is 9.90 Å². The van der Waals surface area contributed by atoms with E-state index in [0.29, 0.717) is 4.88 Å². The normalized spacial score (nSPS) is 11.4. The average molecular weight is 336 g/mol. The number of aryl methyl sites for hydroxylation is 1. The average Bonchev–Trinajstić information content (AvgIpc) is 3.14. The number of aromatic nitrogens is 2. The zero-order valence-electron chi connectivity index (χ0n) is 13.2. The van der Waals surface area contributed by atoms with E-state index >= 15 is 0 Å². The van der Waals surface area contributed by atoms with E-state index in [1.54, 1.807) is 0 Å². The molecular formula is C19H16N2O2S. The monoisotopic (exact) mass is 336 g/mol. The molecule has 4 aromatic rings. The molecule has 0 spiro atoms. The molecule has 0 saturated heterocycles. The summed E-state index contributed by atoms with van der Waals surface area (Å²) < 4.78 is 1.93. The Balaban J connectivity index is 1.86. The number of fused-ring (bicyclic) bond motifs is 2. The van der Waals surface area contributed by atoms with E-state index in [1.807, 2.05) is 22.7 Å². The second-order valence-electron chi connectivity index (χ2n) is 5.77. The molecule has 1 N–H and O–H groups in total. The summed E-state index contributed by atoms with van der Waals surface area (Å²) in [6.07, 6.45) is 3.58. The highest BCUT2D eigenvalue weighted by atomic mass is 32.1. The van der Waals surface area contributed by atoms with Crippen LogP contribution < -0.4 is 0 Å². The van der Waals surface area contributed by atoms with Gasteiger partial charge in [-0.3, -0.25) is 4.40 Å². The van der Waals surface area contributed by atoms with Crippen molar-refractivity contribution in [1.29, 1.82) is 0 Å². The van der Waals surface area contributed by atoms with Crippen molar-refractivity contribution in [1.82, 2.24) is 9.38 Å². The fourth-order valence-corrected chi connectivity index (χ4v) is 4.01. The van der Waals surface area contributed by atoms with E-state index in [1.165, 1.54) is 22.1 Å². The minimum absolute atomic E-state index is 0.393. The molecule has 0 fully saturated rings. The number of carboxylic acid groups (broad SMARTS) is 1. The van der Waals surface area contributed by atoms with Crippen molar-refractivity contribution in [3.63, 3.8) is 0 Å². The van der Waals surface area contributed by atoms with E-state index in [2.05, 4.69) is 42.2 Å². The van der Waals surface area contributed by atoms with E-state index in [-0.39, 0.29) is 0 Å². The number of hydrogen-bond acceptors (Lipinski definition) is 3. The van der Waals surface area contributed by atoms with Gasteiger partial charge >= 0.3 is 5.97 Å². The molecule has 4 rings (SSSR count). The fraction of sp³-hybridized carbons (Fsp3) is 0.158. The fourth-order valence-electron chi connectivity index (χ4n) is 3.01. The van der Waals surface area contributed by atoms with E-state index in [4.69, 9.17) is 0 Å². The topological polar surface area (TPSA) is 54.6 Å². The number of benzene rings is 2. The molecule has 0 unspecified atom stereocenters. The molecule has 0 saturated carbocycles. The molecule has 0 aliphatic heterocycles. The van der Waals surface area contributed by atoms with Crippen molar-refractivity contribution in [2.24, 2.45) is 0 Å².